The molecule has 225 valence electrons. The van der Waals surface area contributed by atoms with Crippen molar-refractivity contribution in [3.8, 4) is 0 Å². The first-order valence-corrected chi connectivity index (χ1v) is 13.9. The van der Waals surface area contributed by atoms with E-state index in [9.17, 15) is 19.8 Å². The van der Waals surface area contributed by atoms with Gasteiger partial charge in [-0.05, 0) is 98.2 Å². The Labute approximate surface area is 260 Å². The van der Waals surface area contributed by atoms with Gasteiger partial charge in [0.2, 0.25) is 0 Å². The van der Waals surface area contributed by atoms with Crippen molar-refractivity contribution in [2.24, 2.45) is 0 Å². The van der Waals surface area contributed by atoms with E-state index in [-0.39, 0.29) is 29.9 Å². The molecule has 8 nitrogen and oxygen atoms in total. The Morgan fingerprint density at radius 3 is 1.91 bits per heavy atom. The minimum Gasteiger partial charge on any atom is -0.481 e. The fraction of sp³-hybridized carbons (Fsp3) is 0.235. The van der Waals surface area contributed by atoms with Gasteiger partial charge in [0.05, 0.1) is 22.8 Å². The number of nitrogens with zero attached hydrogens (tertiary/aromatic N) is 2. The van der Waals surface area contributed by atoms with Crippen LogP contribution in [0.15, 0.2) is 43.5 Å². The molecule has 5 rings (SSSR count). The molecule has 2 aliphatic heterocycles. The molecule has 0 atom stereocenters. The third-order valence-electron chi connectivity index (χ3n) is 8.22. The molecule has 0 spiro atoms. The van der Waals surface area contributed by atoms with Crippen LogP contribution >= 0.6 is 0 Å². The van der Waals surface area contributed by atoms with E-state index in [4.69, 9.17) is 9.97 Å². The number of aryl methyl sites for hydroxylation is 3. The monoisotopic (exact) mass is 625 g/mol. The molecule has 2 aliphatic rings. The van der Waals surface area contributed by atoms with E-state index < -0.39 is 11.9 Å². The smallest absolute Gasteiger partial charge is 0.303 e. The number of hydrogen-bond donors (Lipinski definition) is 4. The van der Waals surface area contributed by atoms with Crippen LogP contribution in [0.3, 0.4) is 0 Å². The van der Waals surface area contributed by atoms with Crippen molar-refractivity contribution in [1.82, 2.24) is 19.9 Å². The van der Waals surface area contributed by atoms with E-state index in [0.29, 0.717) is 18.5 Å². The van der Waals surface area contributed by atoms with Crippen LogP contribution in [0.2, 0.25) is 0 Å². The summed E-state index contributed by atoms with van der Waals surface area (Å²) in [6, 6.07) is 7.88. The number of hydrogen-bond acceptors (Lipinski definition) is 4. The number of rotatable bonds is 8. The molecule has 3 aromatic heterocycles. The Kier molecular flexibility index (Phi) is 9.09. The molecule has 0 unspecified atom stereocenters. The normalized spacial score (nSPS) is 12.7. The van der Waals surface area contributed by atoms with Crippen LogP contribution in [-0.4, -0.2) is 42.1 Å². The van der Waals surface area contributed by atoms with Gasteiger partial charge in [-0.25, -0.2) is 9.97 Å². The molecule has 5 heterocycles. The van der Waals surface area contributed by atoms with E-state index in [0.717, 1.165) is 83.7 Å². The van der Waals surface area contributed by atoms with Gasteiger partial charge in [0, 0.05) is 63.1 Å². The largest absolute Gasteiger partial charge is 0.481 e. The predicted molar refractivity (Wildman–Crippen MR) is 169 cm³/mol. The zero-order chi connectivity index (χ0) is 30.3. The summed E-state index contributed by atoms with van der Waals surface area (Å²) in [5.41, 5.74) is 13.7. The van der Waals surface area contributed by atoms with Gasteiger partial charge in [-0.3, -0.25) is 9.59 Å². The van der Waals surface area contributed by atoms with Crippen molar-refractivity contribution in [3.63, 3.8) is 0 Å². The Hall–Kier alpha value is -4.46. The third-order valence-corrected chi connectivity index (χ3v) is 8.22. The predicted octanol–water partition coefficient (Wildman–Crippen LogP) is 7.50. The van der Waals surface area contributed by atoms with Crippen LogP contribution in [0.1, 0.15) is 78.1 Å². The molecular weight excluding hydrogens is 592 g/mol. The number of fused-ring (bicyclic) bond motifs is 8. The van der Waals surface area contributed by atoms with Crippen LogP contribution in [0.5, 0.6) is 0 Å². The maximum absolute atomic E-state index is 11.5. The molecule has 0 fully saturated rings. The zero-order valence-electron chi connectivity index (χ0n) is 24.6. The SMILES string of the molecule is C=CC1=C(C)c2cc3[nH]c(cc4nc(cc5[nH]c(cc1n2)c(C)c5CCC(=O)O)C(CCC(=O)O)=C4C)c(C)c3C=C.[Cu]. The number of aromatic nitrogens is 4. The summed E-state index contributed by atoms with van der Waals surface area (Å²) in [4.78, 5) is 40.0. The van der Waals surface area contributed by atoms with E-state index in [1.165, 1.54) is 0 Å². The maximum Gasteiger partial charge on any atom is 0.303 e. The van der Waals surface area contributed by atoms with Crippen molar-refractivity contribution in [2.75, 3.05) is 0 Å². The van der Waals surface area contributed by atoms with Crippen molar-refractivity contribution >= 4 is 62.4 Å². The van der Waals surface area contributed by atoms with Gasteiger partial charge < -0.3 is 20.2 Å². The first-order chi connectivity index (χ1) is 20.0. The summed E-state index contributed by atoms with van der Waals surface area (Å²) in [7, 11) is 0. The first kappa shape index (κ1) is 31.5. The fourth-order valence-corrected chi connectivity index (χ4v) is 5.77. The summed E-state index contributed by atoms with van der Waals surface area (Å²) < 4.78 is 0. The summed E-state index contributed by atoms with van der Waals surface area (Å²) in [5.74, 6) is -1.76. The number of nitrogens with one attached hydrogen (secondary N) is 2. The zero-order valence-corrected chi connectivity index (χ0v) is 25.6. The number of aromatic amines is 2. The number of carboxylic acid groups (broad SMARTS) is 2. The van der Waals surface area contributed by atoms with E-state index in [1.54, 1.807) is 6.08 Å². The molecular formula is C34H34CuN4O4. The van der Waals surface area contributed by atoms with Crippen LogP contribution < -0.4 is 0 Å². The third kappa shape index (κ3) is 5.91. The summed E-state index contributed by atoms with van der Waals surface area (Å²) >= 11 is 0. The van der Waals surface area contributed by atoms with Crippen LogP contribution in [0.4, 0.5) is 0 Å². The topological polar surface area (TPSA) is 132 Å². The number of aliphatic carboxylic acids is 2. The fourth-order valence-electron chi connectivity index (χ4n) is 5.77. The molecule has 0 amide bonds. The van der Waals surface area contributed by atoms with Crippen LogP contribution in [0.25, 0.3) is 50.4 Å². The maximum atomic E-state index is 11.5. The molecule has 8 bridgehead atoms. The Morgan fingerprint density at radius 1 is 0.721 bits per heavy atom. The number of H-pyrrole nitrogens is 2. The van der Waals surface area contributed by atoms with Gasteiger partial charge >= 0.3 is 11.9 Å². The Morgan fingerprint density at radius 2 is 1.26 bits per heavy atom. The quantitative estimate of drug-likeness (QED) is 0.192. The van der Waals surface area contributed by atoms with Gasteiger partial charge in [0.15, 0.2) is 0 Å². The summed E-state index contributed by atoms with van der Waals surface area (Å²) in [6.45, 7) is 16.0. The first-order valence-electron chi connectivity index (χ1n) is 13.9. The molecule has 3 aromatic rings. The number of carboxylic acids is 2. The van der Waals surface area contributed by atoms with Crippen LogP contribution in [0, 0.1) is 13.8 Å². The summed E-state index contributed by atoms with van der Waals surface area (Å²) in [5, 5.41) is 18.9. The molecule has 9 heteroatoms. The van der Waals surface area contributed by atoms with Gasteiger partial charge in [-0.1, -0.05) is 25.3 Å². The van der Waals surface area contributed by atoms with Crippen molar-refractivity contribution in [3.05, 3.63) is 88.5 Å². The Balaban J connectivity index is 0.00000423. The standard InChI is InChI=1S/C34H34N4O4.Cu/c1-7-21-17(3)25-13-26-19(5)23(9-11-33(39)40)31(37-26)16-32-24(10-12-34(41)42)20(6)28(38-32)15-30-22(8-2)18(4)27(36-30)14-29(21)35-25;/h7-8,13-16,35,38H,1-2,9-12H2,3-6H3,(H,39,40)(H,41,42);. The van der Waals surface area contributed by atoms with Gasteiger partial charge in [-0.15, -0.1) is 0 Å². The number of allylic oxidation sites excluding steroid dienone is 5. The van der Waals surface area contributed by atoms with Crippen molar-refractivity contribution < 1.29 is 36.9 Å². The van der Waals surface area contributed by atoms with Gasteiger partial charge in [0.25, 0.3) is 0 Å². The average Bonchev–Trinajstić information content (AvgIpc) is 3.59. The molecule has 0 saturated carbocycles. The van der Waals surface area contributed by atoms with Crippen molar-refractivity contribution in [1.29, 1.82) is 0 Å². The number of carbonyl (C=O) groups is 2. The summed E-state index contributed by atoms with van der Waals surface area (Å²) in [6.07, 6.45) is 4.22. The minimum atomic E-state index is -0.883. The second-order valence-corrected chi connectivity index (χ2v) is 10.7. The minimum absolute atomic E-state index is 0. The molecule has 0 saturated heterocycles. The van der Waals surface area contributed by atoms with E-state index in [2.05, 4.69) is 23.1 Å². The molecule has 43 heavy (non-hydrogen) atoms. The molecule has 0 aromatic carbocycles. The van der Waals surface area contributed by atoms with Gasteiger partial charge in [0.1, 0.15) is 0 Å². The second-order valence-electron chi connectivity index (χ2n) is 10.7. The molecule has 1 radical (unpaired) electrons. The molecule has 4 N–H and O–H groups in total. The molecule has 0 aliphatic carbocycles. The second kappa shape index (κ2) is 12.4. The van der Waals surface area contributed by atoms with E-state index in [1.807, 2.05) is 58.0 Å². The van der Waals surface area contributed by atoms with Crippen LogP contribution in [-0.2, 0) is 33.1 Å². The average molecular weight is 626 g/mol. The Bertz CT molecular complexity index is 1920. The van der Waals surface area contributed by atoms with E-state index >= 15 is 0 Å². The van der Waals surface area contributed by atoms with Crippen molar-refractivity contribution in [2.45, 2.75) is 53.4 Å². The van der Waals surface area contributed by atoms with Gasteiger partial charge in [-0.2, -0.15) is 0 Å².